The van der Waals surface area contributed by atoms with Crippen LogP contribution in [0.3, 0.4) is 0 Å². The minimum Gasteiger partial charge on any atom is -0.283 e. The average molecular weight is 140 g/mol. The van der Waals surface area contributed by atoms with Gasteiger partial charge in [0.15, 0.2) is 0 Å². The van der Waals surface area contributed by atoms with Gasteiger partial charge >= 0.3 is 7.82 Å². The molecule has 5 nitrogen and oxygen atoms in total. The molecule has 1 heterocycles. The van der Waals surface area contributed by atoms with E-state index in [4.69, 9.17) is 5.26 Å². The molecule has 0 spiro atoms. The van der Waals surface area contributed by atoms with Crippen LogP contribution in [0.2, 0.25) is 0 Å². The molecule has 1 N–H and O–H groups in total. The number of hydrogen-bond acceptors (Lipinski definition) is 5. The zero-order valence-corrected chi connectivity index (χ0v) is 4.84. The standard InChI is InChI=1S/C2H5O5P/c3-7-8(4)5-1-2-6-8/h3H,1-2H2. The fraction of sp³-hybridized carbons (Fsp3) is 1.00. The molecule has 0 radical (unpaired) electrons. The van der Waals surface area contributed by atoms with Crippen molar-refractivity contribution in [3.8, 4) is 0 Å². The number of phosphoric acid groups is 1. The third-order valence-electron chi connectivity index (χ3n) is 0.682. The van der Waals surface area contributed by atoms with E-state index in [0.717, 1.165) is 0 Å². The Morgan fingerprint density at radius 1 is 1.50 bits per heavy atom. The van der Waals surface area contributed by atoms with Crippen molar-refractivity contribution in [2.45, 2.75) is 0 Å². The lowest BCUT2D eigenvalue weighted by atomic mass is 10.8. The summed E-state index contributed by atoms with van der Waals surface area (Å²) in [5.41, 5.74) is 0. The molecule has 48 valence electrons. The van der Waals surface area contributed by atoms with Crippen LogP contribution in [-0.2, 0) is 18.3 Å². The van der Waals surface area contributed by atoms with Crippen molar-refractivity contribution in [3.63, 3.8) is 0 Å². The molecule has 8 heavy (non-hydrogen) atoms. The highest BCUT2D eigenvalue weighted by molar-refractivity contribution is 7.48. The molecule has 1 fully saturated rings. The predicted molar refractivity (Wildman–Crippen MR) is 23.2 cm³/mol. The van der Waals surface area contributed by atoms with Gasteiger partial charge in [-0.25, -0.2) is 9.82 Å². The molecule has 0 unspecified atom stereocenters. The summed E-state index contributed by atoms with van der Waals surface area (Å²) < 4.78 is 22.6. The SMILES string of the molecule is O=P1(OO)OCCO1. The normalized spacial score (nSPS) is 26.1. The molecule has 0 aromatic carbocycles. The first kappa shape index (κ1) is 6.19. The minimum atomic E-state index is -3.50. The first-order chi connectivity index (χ1) is 3.77. The van der Waals surface area contributed by atoms with Crippen LogP contribution in [0.5, 0.6) is 0 Å². The monoisotopic (exact) mass is 140 g/mol. The van der Waals surface area contributed by atoms with E-state index in [-0.39, 0.29) is 13.2 Å². The van der Waals surface area contributed by atoms with E-state index in [9.17, 15) is 4.57 Å². The Bertz CT molecular complexity index is 112. The van der Waals surface area contributed by atoms with Gasteiger partial charge in [0, 0.05) is 0 Å². The van der Waals surface area contributed by atoms with Crippen molar-refractivity contribution < 1.29 is 23.5 Å². The van der Waals surface area contributed by atoms with Crippen LogP contribution in [0.25, 0.3) is 0 Å². The van der Waals surface area contributed by atoms with Crippen LogP contribution in [0.4, 0.5) is 0 Å². The van der Waals surface area contributed by atoms with Crippen molar-refractivity contribution in [2.24, 2.45) is 0 Å². The van der Waals surface area contributed by atoms with Crippen LogP contribution in [0.15, 0.2) is 0 Å². The maximum atomic E-state index is 10.5. The van der Waals surface area contributed by atoms with Gasteiger partial charge in [0.1, 0.15) is 0 Å². The molecule has 0 atom stereocenters. The zero-order chi connectivity index (χ0) is 6.04. The Labute approximate surface area is 45.7 Å². The summed E-state index contributed by atoms with van der Waals surface area (Å²) in [6.45, 7) is 0.412. The quantitative estimate of drug-likeness (QED) is 0.328. The molecular weight excluding hydrogens is 135 g/mol. The Kier molecular flexibility index (Phi) is 1.65. The van der Waals surface area contributed by atoms with E-state index < -0.39 is 7.82 Å². The molecule has 0 saturated carbocycles. The van der Waals surface area contributed by atoms with Gasteiger partial charge in [0.2, 0.25) is 0 Å². The lowest BCUT2D eigenvalue weighted by molar-refractivity contribution is -0.158. The van der Waals surface area contributed by atoms with Gasteiger partial charge in [-0.05, 0) is 0 Å². The maximum absolute atomic E-state index is 10.5. The van der Waals surface area contributed by atoms with Crippen molar-refractivity contribution in [1.82, 2.24) is 0 Å². The highest BCUT2D eigenvalue weighted by atomic mass is 31.2. The van der Waals surface area contributed by atoms with Gasteiger partial charge in [-0.3, -0.25) is 9.05 Å². The molecule has 0 aliphatic carbocycles. The van der Waals surface area contributed by atoms with Crippen LogP contribution >= 0.6 is 7.82 Å². The highest BCUT2D eigenvalue weighted by Gasteiger charge is 2.31. The van der Waals surface area contributed by atoms with Gasteiger partial charge in [0.05, 0.1) is 13.2 Å². The second-order valence-electron chi connectivity index (χ2n) is 1.20. The van der Waals surface area contributed by atoms with E-state index in [2.05, 4.69) is 13.7 Å². The van der Waals surface area contributed by atoms with Gasteiger partial charge in [-0.15, -0.1) is 4.67 Å². The van der Waals surface area contributed by atoms with Crippen LogP contribution < -0.4 is 0 Å². The van der Waals surface area contributed by atoms with Gasteiger partial charge in [-0.1, -0.05) is 0 Å². The third-order valence-corrected chi connectivity index (χ3v) is 1.88. The Hall–Kier alpha value is 0.0700. The molecule has 1 saturated heterocycles. The largest absolute Gasteiger partial charge is 0.502 e. The minimum absolute atomic E-state index is 0.206. The van der Waals surface area contributed by atoms with E-state index >= 15 is 0 Å². The van der Waals surface area contributed by atoms with Crippen LogP contribution in [0.1, 0.15) is 0 Å². The molecular formula is C2H5O5P. The molecule has 1 aliphatic heterocycles. The fourth-order valence-electron chi connectivity index (χ4n) is 0.383. The lowest BCUT2D eigenvalue weighted by Crippen LogP contribution is -1.81. The summed E-state index contributed by atoms with van der Waals surface area (Å²) in [5, 5.41) is 7.81. The van der Waals surface area contributed by atoms with E-state index in [1.165, 1.54) is 0 Å². The topological polar surface area (TPSA) is 65.0 Å². The lowest BCUT2D eigenvalue weighted by Gasteiger charge is -1.99. The second-order valence-corrected chi connectivity index (χ2v) is 2.77. The number of phosphoric ester groups is 1. The summed E-state index contributed by atoms with van der Waals surface area (Å²) in [6.07, 6.45) is 0. The molecule has 0 bridgehead atoms. The molecule has 0 aromatic rings. The van der Waals surface area contributed by atoms with Gasteiger partial charge < -0.3 is 0 Å². The smallest absolute Gasteiger partial charge is 0.283 e. The summed E-state index contributed by atoms with van der Waals surface area (Å²) in [6, 6.07) is 0. The summed E-state index contributed by atoms with van der Waals surface area (Å²) >= 11 is 0. The van der Waals surface area contributed by atoms with Crippen molar-refractivity contribution >= 4 is 7.82 Å². The molecule has 0 amide bonds. The number of rotatable bonds is 1. The first-order valence-electron chi connectivity index (χ1n) is 1.99. The van der Waals surface area contributed by atoms with Crippen molar-refractivity contribution in [2.75, 3.05) is 13.2 Å². The van der Waals surface area contributed by atoms with E-state index in [1.54, 1.807) is 0 Å². The van der Waals surface area contributed by atoms with Crippen LogP contribution in [0, 0.1) is 0 Å². The molecule has 1 rings (SSSR count). The molecule has 1 aliphatic rings. The predicted octanol–water partition coefficient (Wildman–Crippen LogP) is 0.631. The zero-order valence-electron chi connectivity index (χ0n) is 3.94. The maximum Gasteiger partial charge on any atom is 0.502 e. The summed E-state index contributed by atoms with van der Waals surface area (Å²) in [5.74, 6) is 0. The first-order valence-corrected chi connectivity index (χ1v) is 3.45. The van der Waals surface area contributed by atoms with Crippen molar-refractivity contribution in [1.29, 1.82) is 0 Å². The number of hydrogen-bond donors (Lipinski definition) is 1. The third kappa shape index (κ3) is 1.07. The van der Waals surface area contributed by atoms with E-state index in [1.807, 2.05) is 0 Å². The Balaban J connectivity index is 2.53. The Morgan fingerprint density at radius 3 is 2.25 bits per heavy atom. The van der Waals surface area contributed by atoms with Gasteiger partial charge in [-0.2, -0.15) is 0 Å². The molecule has 6 heteroatoms. The van der Waals surface area contributed by atoms with Crippen molar-refractivity contribution in [3.05, 3.63) is 0 Å². The Morgan fingerprint density at radius 2 is 2.00 bits per heavy atom. The molecule has 0 aromatic heterocycles. The van der Waals surface area contributed by atoms with E-state index in [0.29, 0.717) is 0 Å². The highest BCUT2D eigenvalue weighted by Crippen LogP contribution is 2.51. The van der Waals surface area contributed by atoms with Gasteiger partial charge in [0.25, 0.3) is 0 Å². The fourth-order valence-corrected chi connectivity index (χ4v) is 1.15. The summed E-state index contributed by atoms with van der Waals surface area (Å²) in [7, 11) is -3.50. The van der Waals surface area contributed by atoms with Crippen LogP contribution in [-0.4, -0.2) is 18.5 Å². The second kappa shape index (κ2) is 2.13. The summed E-state index contributed by atoms with van der Waals surface area (Å²) in [4.78, 5) is 0. The average Bonchev–Trinajstić information content (AvgIpc) is 2.17.